The van der Waals surface area contributed by atoms with Crippen molar-refractivity contribution in [2.45, 2.75) is 110 Å². The largest absolute Gasteiger partial charge is 0.390 e. The maximum absolute atomic E-state index is 10.0. The molecule has 3 saturated carbocycles. The molecule has 0 heterocycles. The monoisotopic (exact) mass is 416 g/mol. The van der Waals surface area contributed by atoms with E-state index in [4.69, 9.17) is 0 Å². The first-order chi connectivity index (χ1) is 14.0. The van der Waals surface area contributed by atoms with Crippen LogP contribution in [-0.2, 0) is 0 Å². The molecule has 0 aromatic heterocycles. The van der Waals surface area contributed by atoms with E-state index in [1.165, 1.54) is 38.5 Å². The van der Waals surface area contributed by atoms with Crippen molar-refractivity contribution in [1.29, 1.82) is 0 Å². The van der Waals surface area contributed by atoms with Gasteiger partial charge in [0.25, 0.3) is 0 Å². The summed E-state index contributed by atoms with van der Waals surface area (Å²) in [6, 6.07) is 0. The third kappa shape index (κ3) is 5.29. The lowest BCUT2D eigenvalue weighted by Crippen LogP contribution is -2.36. The van der Waals surface area contributed by atoms with Gasteiger partial charge in [-0.3, -0.25) is 0 Å². The summed E-state index contributed by atoms with van der Waals surface area (Å²) in [7, 11) is 0. The average molecular weight is 417 g/mol. The zero-order chi connectivity index (χ0) is 22.1. The summed E-state index contributed by atoms with van der Waals surface area (Å²) in [5.74, 6) is 2.13. The first-order valence-electron chi connectivity index (χ1n) is 12.2. The number of hydrogen-bond acceptors (Lipinski definition) is 3. The van der Waals surface area contributed by atoms with E-state index in [0.717, 1.165) is 29.9 Å². The Hall–Kier alpha value is -0.900. The Morgan fingerprint density at radius 2 is 1.87 bits per heavy atom. The predicted molar refractivity (Wildman–Crippen MR) is 124 cm³/mol. The predicted octanol–water partition coefficient (Wildman–Crippen LogP) is 5.70. The van der Waals surface area contributed by atoms with E-state index in [1.54, 1.807) is 5.57 Å². The fraction of sp³-hybridized carbons (Fsp3) is 0.778. The fourth-order valence-corrected chi connectivity index (χ4v) is 6.69. The van der Waals surface area contributed by atoms with Gasteiger partial charge in [-0.25, -0.2) is 0 Å². The molecule has 0 saturated heterocycles. The molecule has 2 unspecified atom stereocenters. The number of hydrogen-bond donors (Lipinski definition) is 3. The van der Waals surface area contributed by atoms with E-state index in [-0.39, 0.29) is 0 Å². The Morgan fingerprint density at radius 1 is 1.17 bits per heavy atom. The summed E-state index contributed by atoms with van der Waals surface area (Å²) in [6.45, 7) is 12.9. The van der Waals surface area contributed by atoms with E-state index in [9.17, 15) is 15.3 Å². The lowest BCUT2D eigenvalue weighted by molar-refractivity contribution is 0.0138. The first-order valence-corrected chi connectivity index (χ1v) is 12.2. The second-order valence-electron chi connectivity index (χ2n) is 11.4. The van der Waals surface area contributed by atoms with Gasteiger partial charge >= 0.3 is 0 Å². The van der Waals surface area contributed by atoms with Crippen molar-refractivity contribution < 1.29 is 15.3 Å². The van der Waals surface area contributed by atoms with Crippen LogP contribution in [-0.4, -0.2) is 33.1 Å². The zero-order valence-corrected chi connectivity index (χ0v) is 19.7. The van der Waals surface area contributed by atoms with Crippen LogP contribution in [0.15, 0.2) is 35.5 Å². The lowest BCUT2D eigenvalue weighted by atomic mass is 9.60. The molecule has 3 fully saturated rings. The van der Waals surface area contributed by atoms with Gasteiger partial charge in [0, 0.05) is 12.8 Å². The molecule has 3 rings (SSSR count). The number of rotatable bonds is 6. The fourth-order valence-electron chi connectivity index (χ4n) is 6.69. The molecule has 0 aromatic rings. The van der Waals surface area contributed by atoms with Crippen LogP contribution in [0.5, 0.6) is 0 Å². The molecule has 30 heavy (non-hydrogen) atoms. The van der Waals surface area contributed by atoms with Gasteiger partial charge < -0.3 is 15.3 Å². The first kappa shape index (κ1) is 23.8. The molecule has 3 aliphatic rings. The van der Waals surface area contributed by atoms with E-state index >= 15 is 0 Å². The molecule has 3 N–H and O–H groups in total. The van der Waals surface area contributed by atoms with Gasteiger partial charge in [-0.1, -0.05) is 51.0 Å². The molecule has 3 heteroatoms. The van der Waals surface area contributed by atoms with Crippen molar-refractivity contribution in [2.24, 2.45) is 23.2 Å². The van der Waals surface area contributed by atoms with Gasteiger partial charge in [0.2, 0.25) is 0 Å². The van der Waals surface area contributed by atoms with Crippen LogP contribution >= 0.6 is 0 Å². The zero-order valence-electron chi connectivity index (χ0n) is 19.7. The highest BCUT2D eigenvalue weighted by molar-refractivity contribution is 5.37. The van der Waals surface area contributed by atoms with Crippen LogP contribution < -0.4 is 0 Å². The highest BCUT2D eigenvalue weighted by Crippen LogP contribution is 2.60. The summed E-state index contributed by atoms with van der Waals surface area (Å²) in [6.07, 6.45) is 13.7. The lowest BCUT2D eigenvalue weighted by Gasteiger charge is -2.44. The minimum absolute atomic E-state index is 0.385. The third-order valence-electron chi connectivity index (χ3n) is 8.45. The molecular formula is C27H44O3. The number of aliphatic hydroxyl groups is 3. The van der Waals surface area contributed by atoms with Crippen molar-refractivity contribution in [2.75, 3.05) is 0 Å². The third-order valence-corrected chi connectivity index (χ3v) is 8.45. The number of aliphatic hydroxyl groups excluding tert-OH is 2. The Bertz CT molecular complexity index is 683. The molecule has 0 amide bonds. The van der Waals surface area contributed by atoms with Crippen LogP contribution in [0.3, 0.4) is 0 Å². The van der Waals surface area contributed by atoms with Gasteiger partial charge in [0.15, 0.2) is 0 Å². The Morgan fingerprint density at radius 3 is 2.57 bits per heavy atom. The summed E-state index contributed by atoms with van der Waals surface area (Å²) in [5, 5.41) is 29.9. The number of allylic oxidation sites excluding steroid dienone is 3. The van der Waals surface area contributed by atoms with E-state index < -0.39 is 17.8 Å². The topological polar surface area (TPSA) is 60.7 Å². The summed E-state index contributed by atoms with van der Waals surface area (Å²) in [4.78, 5) is 0. The Kier molecular flexibility index (Phi) is 7.37. The average Bonchev–Trinajstić information content (AvgIpc) is 3.00. The van der Waals surface area contributed by atoms with Crippen molar-refractivity contribution >= 4 is 0 Å². The van der Waals surface area contributed by atoms with E-state index in [1.807, 2.05) is 13.8 Å². The molecule has 0 spiro atoms. The second-order valence-corrected chi connectivity index (χ2v) is 11.4. The standard InChI is InChI=1S/C27H44O3/c1-18(8-6-14-26(3,4)30)22-12-13-23-20(9-7-15-27(22,23)5)10-11-21-17-25(29)24(28)16-19(21)2/h10-11,18,22-25,28-30H,2,6-9,12-17H2,1,3-5H3/t18-,22-,23?,24?,25-,27-/m1/s1. The van der Waals surface area contributed by atoms with Gasteiger partial charge in [0.1, 0.15) is 0 Å². The summed E-state index contributed by atoms with van der Waals surface area (Å²) in [5.41, 5.74) is 3.48. The molecule has 170 valence electrons. The van der Waals surface area contributed by atoms with E-state index in [2.05, 4.69) is 32.6 Å². The molecule has 0 aromatic carbocycles. The molecule has 0 aliphatic heterocycles. The van der Waals surface area contributed by atoms with Gasteiger partial charge in [-0.15, -0.1) is 0 Å². The molecule has 3 nitrogen and oxygen atoms in total. The summed E-state index contributed by atoms with van der Waals surface area (Å²) < 4.78 is 0. The van der Waals surface area contributed by atoms with Gasteiger partial charge in [-0.2, -0.15) is 0 Å². The second kappa shape index (κ2) is 9.30. The van der Waals surface area contributed by atoms with Gasteiger partial charge in [0.05, 0.1) is 17.8 Å². The van der Waals surface area contributed by atoms with Crippen molar-refractivity contribution in [3.63, 3.8) is 0 Å². The quantitative estimate of drug-likeness (QED) is 0.520. The number of fused-ring (bicyclic) bond motifs is 1. The minimum atomic E-state index is -0.672. The van der Waals surface area contributed by atoms with Crippen molar-refractivity contribution in [3.05, 3.63) is 35.5 Å². The SMILES string of the molecule is C=C1CC(O)[C@H](O)CC1=CC=C1CCC[C@@]2(C)C1CC[C@@H]2[C@H](C)CCCC(C)(C)O. The van der Waals surface area contributed by atoms with Crippen molar-refractivity contribution in [3.8, 4) is 0 Å². The highest BCUT2D eigenvalue weighted by atomic mass is 16.3. The maximum Gasteiger partial charge on any atom is 0.0842 e. The van der Waals surface area contributed by atoms with Crippen LogP contribution in [0, 0.1) is 23.2 Å². The molecule has 6 atom stereocenters. The van der Waals surface area contributed by atoms with Crippen LogP contribution in [0.4, 0.5) is 0 Å². The molecule has 0 bridgehead atoms. The normalized spacial score (nSPS) is 38.8. The Balaban J connectivity index is 1.69. The highest BCUT2D eigenvalue weighted by Gasteiger charge is 2.50. The Labute approximate surface area is 184 Å². The van der Waals surface area contributed by atoms with Gasteiger partial charge in [-0.05, 0) is 86.7 Å². The summed E-state index contributed by atoms with van der Waals surface area (Å²) >= 11 is 0. The van der Waals surface area contributed by atoms with Crippen molar-refractivity contribution in [1.82, 2.24) is 0 Å². The van der Waals surface area contributed by atoms with Crippen LogP contribution in [0.2, 0.25) is 0 Å². The maximum atomic E-state index is 10.0. The van der Waals surface area contributed by atoms with Crippen LogP contribution in [0.1, 0.15) is 91.9 Å². The molecule has 0 radical (unpaired) electrons. The molecule has 3 aliphatic carbocycles. The van der Waals surface area contributed by atoms with E-state index in [0.29, 0.717) is 30.1 Å². The molecular weight excluding hydrogens is 372 g/mol. The smallest absolute Gasteiger partial charge is 0.0842 e. The minimum Gasteiger partial charge on any atom is -0.390 e. The van der Waals surface area contributed by atoms with Crippen LogP contribution in [0.25, 0.3) is 0 Å².